The van der Waals surface area contributed by atoms with Gasteiger partial charge in [-0.2, -0.15) is 4.31 Å². The molecule has 0 spiro atoms. The summed E-state index contributed by atoms with van der Waals surface area (Å²) in [5, 5.41) is 12.5. The third-order valence-corrected chi connectivity index (χ3v) is 8.92. The third kappa shape index (κ3) is 4.70. The van der Waals surface area contributed by atoms with Crippen molar-refractivity contribution < 1.29 is 26.7 Å². The average Bonchev–Trinajstić information content (AvgIpc) is 3.25. The maximum atomic E-state index is 12.8. The number of amides is 1. The number of rotatable bonds is 6. The summed E-state index contributed by atoms with van der Waals surface area (Å²) in [6.45, 7) is 0.821. The van der Waals surface area contributed by atoms with Crippen molar-refractivity contribution in [3.8, 4) is 5.75 Å². The largest absolute Gasteiger partial charge is 0.506 e. The number of hydrogen-bond donors (Lipinski definition) is 2. The van der Waals surface area contributed by atoms with Gasteiger partial charge in [0.2, 0.25) is 20.0 Å². The Morgan fingerprint density at radius 1 is 1.03 bits per heavy atom. The summed E-state index contributed by atoms with van der Waals surface area (Å²) in [4.78, 5) is 12.6. The van der Waals surface area contributed by atoms with E-state index in [-0.39, 0.29) is 31.8 Å². The molecule has 1 heterocycles. The summed E-state index contributed by atoms with van der Waals surface area (Å²) >= 11 is 6.08. The first-order valence-corrected chi connectivity index (χ1v) is 12.6. The third-order valence-electron chi connectivity index (χ3n) is 4.88. The van der Waals surface area contributed by atoms with Crippen LogP contribution in [0.1, 0.15) is 23.2 Å². The molecule has 12 heteroatoms. The maximum Gasteiger partial charge on any atom is 0.257 e. The molecule has 168 valence electrons. The van der Waals surface area contributed by atoms with Crippen LogP contribution in [0.25, 0.3) is 0 Å². The topological polar surface area (TPSA) is 124 Å². The van der Waals surface area contributed by atoms with E-state index >= 15 is 0 Å². The molecule has 0 aliphatic carbocycles. The van der Waals surface area contributed by atoms with E-state index in [1.54, 1.807) is 0 Å². The quantitative estimate of drug-likeness (QED) is 0.602. The number of anilines is 1. The van der Waals surface area contributed by atoms with Crippen molar-refractivity contribution >= 4 is 43.2 Å². The van der Waals surface area contributed by atoms with Crippen molar-refractivity contribution in [3.05, 3.63) is 47.0 Å². The summed E-state index contributed by atoms with van der Waals surface area (Å²) in [5.74, 6) is -1.14. The summed E-state index contributed by atoms with van der Waals surface area (Å²) < 4.78 is 52.6. The van der Waals surface area contributed by atoms with Gasteiger partial charge < -0.3 is 10.4 Å². The van der Waals surface area contributed by atoms with Gasteiger partial charge in [-0.1, -0.05) is 11.6 Å². The molecular formula is C19H22ClN3O6S2. The van der Waals surface area contributed by atoms with Gasteiger partial charge >= 0.3 is 0 Å². The van der Waals surface area contributed by atoms with Gasteiger partial charge in [0.1, 0.15) is 5.75 Å². The van der Waals surface area contributed by atoms with Gasteiger partial charge in [0.05, 0.1) is 26.1 Å². The fraction of sp³-hybridized carbons (Fsp3) is 0.316. The highest BCUT2D eigenvalue weighted by molar-refractivity contribution is 7.89. The number of hydrogen-bond acceptors (Lipinski definition) is 6. The lowest BCUT2D eigenvalue weighted by molar-refractivity contribution is 0.102. The second-order valence-electron chi connectivity index (χ2n) is 7.17. The first-order chi connectivity index (χ1) is 14.4. The Hall–Kier alpha value is -2.18. The molecule has 31 heavy (non-hydrogen) atoms. The Labute approximate surface area is 186 Å². The Morgan fingerprint density at radius 3 is 2.26 bits per heavy atom. The van der Waals surface area contributed by atoms with Gasteiger partial charge in [-0.3, -0.25) is 4.79 Å². The number of benzene rings is 2. The molecule has 1 aliphatic heterocycles. The van der Waals surface area contributed by atoms with Crippen LogP contribution in [0, 0.1) is 0 Å². The van der Waals surface area contributed by atoms with E-state index in [9.17, 15) is 26.7 Å². The van der Waals surface area contributed by atoms with E-state index < -0.39 is 26.0 Å². The molecule has 0 atom stereocenters. The molecule has 1 fully saturated rings. The second kappa shape index (κ2) is 8.75. The number of carbonyl (C=O) groups is 1. The van der Waals surface area contributed by atoms with Crippen molar-refractivity contribution in [2.45, 2.75) is 22.6 Å². The van der Waals surface area contributed by atoms with E-state index in [0.717, 1.165) is 29.3 Å². The van der Waals surface area contributed by atoms with Crippen molar-refractivity contribution in [3.63, 3.8) is 0 Å². The standard InChI is InChI=1S/C19H22ClN3O6S2/c1-22(2)30(26,27)13-5-7-16(20)15(11-13)19(25)21-17-12-14(6-8-18(17)24)31(28,29)23-9-3-4-10-23/h5-8,11-12,24H,3-4,9-10H2,1-2H3,(H,21,25). The van der Waals surface area contributed by atoms with Crippen LogP contribution in [-0.4, -0.2) is 63.6 Å². The first-order valence-electron chi connectivity index (χ1n) is 9.31. The molecule has 9 nitrogen and oxygen atoms in total. The molecule has 2 N–H and O–H groups in total. The van der Waals surface area contributed by atoms with Crippen LogP contribution in [0.4, 0.5) is 5.69 Å². The zero-order chi connectivity index (χ0) is 23.0. The van der Waals surface area contributed by atoms with Gasteiger partial charge in [0, 0.05) is 27.2 Å². The molecule has 0 unspecified atom stereocenters. The summed E-state index contributed by atoms with van der Waals surface area (Å²) in [7, 11) is -4.86. The van der Waals surface area contributed by atoms with Gasteiger partial charge in [-0.05, 0) is 49.2 Å². The number of sulfonamides is 2. The average molecular weight is 488 g/mol. The van der Waals surface area contributed by atoms with Crippen LogP contribution < -0.4 is 5.32 Å². The minimum Gasteiger partial charge on any atom is -0.506 e. The molecule has 2 aromatic rings. The van der Waals surface area contributed by atoms with Crippen molar-refractivity contribution in [1.82, 2.24) is 8.61 Å². The number of halogens is 1. The van der Waals surface area contributed by atoms with Crippen molar-refractivity contribution in [1.29, 1.82) is 0 Å². The highest BCUT2D eigenvalue weighted by atomic mass is 35.5. The molecule has 2 aromatic carbocycles. The fourth-order valence-electron chi connectivity index (χ4n) is 3.09. The molecule has 0 saturated carbocycles. The summed E-state index contributed by atoms with van der Waals surface area (Å²) in [6, 6.07) is 7.27. The van der Waals surface area contributed by atoms with E-state index in [1.807, 2.05) is 0 Å². The molecule has 1 amide bonds. The lowest BCUT2D eigenvalue weighted by Gasteiger charge is -2.17. The molecule has 1 aliphatic rings. The van der Waals surface area contributed by atoms with Crippen molar-refractivity contribution in [2.24, 2.45) is 0 Å². The van der Waals surface area contributed by atoms with Gasteiger partial charge in [-0.15, -0.1) is 0 Å². The van der Waals surface area contributed by atoms with Gasteiger partial charge in [0.25, 0.3) is 5.91 Å². The van der Waals surface area contributed by atoms with Crippen LogP contribution in [0.3, 0.4) is 0 Å². The van der Waals surface area contributed by atoms with Gasteiger partial charge in [-0.25, -0.2) is 21.1 Å². The molecule has 0 radical (unpaired) electrons. The van der Waals surface area contributed by atoms with Crippen LogP contribution in [0.5, 0.6) is 5.75 Å². The molecule has 0 aromatic heterocycles. The summed E-state index contributed by atoms with van der Waals surface area (Å²) in [5.41, 5.74) is -0.279. The second-order valence-corrected chi connectivity index (χ2v) is 11.7. The Kier molecular flexibility index (Phi) is 6.63. The first kappa shape index (κ1) is 23.5. The smallest absolute Gasteiger partial charge is 0.257 e. The number of nitrogens with zero attached hydrogens (tertiary/aromatic N) is 2. The van der Waals surface area contributed by atoms with E-state index in [0.29, 0.717) is 13.1 Å². The number of carbonyl (C=O) groups excluding carboxylic acids is 1. The van der Waals surface area contributed by atoms with Crippen molar-refractivity contribution in [2.75, 3.05) is 32.5 Å². The van der Waals surface area contributed by atoms with E-state index in [2.05, 4.69) is 5.32 Å². The molecule has 3 rings (SSSR count). The SMILES string of the molecule is CN(C)S(=O)(=O)c1ccc(Cl)c(C(=O)Nc2cc(S(=O)(=O)N3CCCC3)ccc2O)c1. The predicted octanol–water partition coefficient (Wildman–Crippen LogP) is 2.33. The van der Waals surface area contributed by atoms with E-state index in [1.165, 1.54) is 42.7 Å². The molecule has 0 bridgehead atoms. The minimum absolute atomic E-state index is 0.00413. The van der Waals surface area contributed by atoms with Gasteiger partial charge in [0.15, 0.2) is 0 Å². The maximum absolute atomic E-state index is 12.8. The molecular weight excluding hydrogens is 466 g/mol. The number of phenolic OH excluding ortho intramolecular Hbond substituents is 1. The van der Waals surface area contributed by atoms with Crippen LogP contribution in [-0.2, 0) is 20.0 Å². The lowest BCUT2D eigenvalue weighted by Crippen LogP contribution is -2.28. The zero-order valence-electron chi connectivity index (χ0n) is 16.9. The zero-order valence-corrected chi connectivity index (χ0v) is 19.3. The highest BCUT2D eigenvalue weighted by Crippen LogP contribution is 2.30. The Balaban J connectivity index is 1.94. The number of aromatic hydroxyl groups is 1. The normalized spacial score (nSPS) is 15.4. The summed E-state index contributed by atoms with van der Waals surface area (Å²) in [6.07, 6.45) is 1.54. The van der Waals surface area contributed by atoms with Crippen LogP contribution >= 0.6 is 11.6 Å². The van der Waals surface area contributed by atoms with Crippen LogP contribution in [0.15, 0.2) is 46.2 Å². The highest BCUT2D eigenvalue weighted by Gasteiger charge is 2.28. The Morgan fingerprint density at radius 2 is 1.65 bits per heavy atom. The number of nitrogens with one attached hydrogen (secondary N) is 1. The number of phenols is 1. The predicted molar refractivity (Wildman–Crippen MR) is 116 cm³/mol. The van der Waals surface area contributed by atoms with E-state index in [4.69, 9.17) is 11.6 Å². The Bertz CT molecular complexity index is 1220. The fourth-order valence-corrected chi connectivity index (χ4v) is 5.77. The van der Waals surface area contributed by atoms with Crippen LogP contribution in [0.2, 0.25) is 5.02 Å². The lowest BCUT2D eigenvalue weighted by atomic mass is 10.2. The monoisotopic (exact) mass is 487 g/mol. The minimum atomic E-state index is -3.81. The molecule has 1 saturated heterocycles.